The monoisotopic (exact) mass is 176 g/mol. The van der Waals surface area contributed by atoms with E-state index in [0.29, 0.717) is 6.61 Å². The zero-order valence-corrected chi connectivity index (χ0v) is 6.82. The van der Waals surface area contributed by atoms with Crippen LogP contribution in [-0.4, -0.2) is 42.3 Å². The molecule has 1 unspecified atom stereocenters. The van der Waals surface area contributed by atoms with E-state index in [-0.39, 0.29) is 12.9 Å². The van der Waals surface area contributed by atoms with Crippen molar-refractivity contribution in [3.63, 3.8) is 0 Å². The van der Waals surface area contributed by atoms with Crippen LogP contribution in [0.2, 0.25) is 0 Å². The van der Waals surface area contributed by atoms with Crippen LogP contribution >= 0.6 is 0 Å². The predicted octanol–water partition coefficient (Wildman–Crippen LogP) is -0.715. The molecule has 0 bridgehead atoms. The van der Waals surface area contributed by atoms with Crippen molar-refractivity contribution in [2.75, 3.05) is 19.8 Å². The lowest BCUT2D eigenvalue weighted by atomic mass is 9.93. The van der Waals surface area contributed by atoms with Gasteiger partial charge in [-0.15, -0.1) is 0 Å². The molecular formula is C7H12O5. The number of carboxylic acids is 1. The number of ether oxygens (including phenoxy) is 1. The molecule has 12 heavy (non-hydrogen) atoms. The topological polar surface area (TPSA) is 83.8 Å². The van der Waals surface area contributed by atoms with Gasteiger partial charge in [-0.3, -0.25) is 4.79 Å². The summed E-state index contributed by atoms with van der Waals surface area (Å²) in [4.78, 5) is 20.9. The van der Waals surface area contributed by atoms with Crippen LogP contribution in [0.15, 0.2) is 0 Å². The molecule has 0 saturated heterocycles. The molecule has 0 rings (SSSR count). The maximum atomic E-state index is 10.5. The van der Waals surface area contributed by atoms with E-state index in [1.165, 1.54) is 0 Å². The van der Waals surface area contributed by atoms with Gasteiger partial charge in [0.1, 0.15) is 6.29 Å². The number of aliphatic hydroxyl groups is 1. The quantitative estimate of drug-likeness (QED) is 0.412. The Bertz CT molecular complexity index is 167. The van der Waals surface area contributed by atoms with Gasteiger partial charge in [0.05, 0.1) is 13.2 Å². The normalized spacial score (nSPS) is 15.2. The van der Waals surface area contributed by atoms with E-state index in [1.54, 1.807) is 6.92 Å². The van der Waals surface area contributed by atoms with Crippen molar-refractivity contribution in [1.82, 2.24) is 0 Å². The highest BCUT2D eigenvalue weighted by molar-refractivity contribution is 5.92. The van der Waals surface area contributed by atoms with Crippen molar-refractivity contribution in [2.24, 2.45) is 5.41 Å². The molecular weight excluding hydrogens is 164 g/mol. The summed E-state index contributed by atoms with van der Waals surface area (Å²) in [7, 11) is 0. The molecule has 2 N–H and O–H groups in total. The molecule has 0 aliphatic carbocycles. The molecule has 70 valence electrons. The van der Waals surface area contributed by atoms with Gasteiger partial charge in [0, 0.05) is 6.61 Å². The van der Waals surface area contributed by atoms with E-state index in [1.807, 2.05) is 0 Å². The molecule has 5 heteroatoms. The Labute approximate surface area is 70.0 Å². The van der Waals surface area contributed by atoms with Crippen molar-refractivity contribution in [3.8, 4) is 0 Å². The number of aliphatic hydroxyl groups excluding tert-OH is 1. The van der Waals surface area contributed by atoms with Gasteiger partial charge in [-0.2, -0.15) is 0 Å². The van der Waals surface area contributed by atoms with Crippen LogP contribution in [0, 0.1) is 5.41 Å². The van der Waals surface area contributed by atoms with Crippen LogP contribution in [0.25, 0.3) is 0 Å². The second-order valence-corrected chi connectivity index (χ2v) is 2.37. The van der Waals surface area contributed by atoms with Crippen LogP contribution in [0.1, 0.15) is 6.92 Å². The van der Waals surface area contributed by atoms with Gasteiger partial charge in [0.15, 0.2) is 5.41 Å². The minimum atomic E-state index is -1.80. The van der Waals surface area contributed by atoms with Gasteiger partial charge < -0.3 is 19.7 Å². The minimum Gasteiger partial charge on any atom is -0.480 e. The van der Waals surface area contributed by atoms with E-state index in [0.717, 1.165) is 0 Å². The molecule has 0 aliphatic rings. The molecule has 1 atom stereocenters. The van der Waals surface area contributed by atoms with Gasteiger partial charge in [-0.1, -0.05) is 0 Å². The fourth-order valence-corrected chi connectivity index (χ4v) is 0.581. The van der Waals surface area contributed by atoms with Crippen molar-refractivity contribution >= 4 is 12.3 Å². The van der Waals surface area contributed by atoms with Gasteiger partial charge in [-0.25, -0.2) is 0 Å². The van der Waals surface area contributed by atoms with Crippen LogP contribution in [0.5, 0.6) is 0 Å². The fraction of sp³-hybridized carbons (Fsp3) is 0.714. The number of carbonyl (C=O) groups excluding carboxylic acids is 1. The molecule has 5 nitrogen and oxygen atoms in total. The Morgan fingerprint density at radius 3 is 2.50 bits per heavy atom. The lowest BCUT2D eigenvalue weighted by Gasteiger charge is -2.19. The number of hydrogen-bond donors (Lipinski definition) is 2. The summed E-state index contributed by atoms with van der Waals surface area (Å²) in [5, 5.41) is 17.3. The predicted molar refractivity (Wildman–Crippen MR) is 39.7 cm³/mol. The average molecular weight is 176 g/mol. The van der Waals surface area contributed by atoms with E-state index in [4.69, 9.17) is 14.9 Å². The number of aliphatic carboxylic acids is 1. The van der Waals surface area contributed by atoms with Gasteiger partial charge in [0.2, 0.25) is 0 Å². The molecule has 0 aromatic heterocycles. The highest BCUT2D eigenvalue weighted by Crippen LogP contribution is 2.13. The molecule has 0 amide bonds. The van der Waals surface area contributed by atoms with Gasteiger partial charge in [-0.05, 0) is 6.92 Å². The first-order valence-electron chi connectivity index (χ1n) is 3.51. The lowest BCUT2D eigenvalue weighted by Crippen LogP contribution is -2.41. The van der Waals surface area contributed by atoms with Crippen molar-refractivity contribution in [3.05, 3.63) is 0 Å². The molecule has 0 fully saturated rings. The molecule has 0 saturated carbocycles. The molecule has 0 aromatic rings. The molecule has 0 spiro atoms. The Balaban J connectivity index is 4.35. The number of hydrogen-bond acceptors (Lipinski definition) is 4. The summed E-state index contributed by atoms with van der Waals surface area (Å²) < 4.78 is 4.77. The average Bonchev–Trinajstić information content (AvgIpc) is 2.07. The third-order valence-corrected chi connectivity index (χ3v) is 1.50. The van der Waals surface area contributed by atoms with E-state index in [2.05, 4.69) is 0 Å². The Kier molecular flexibility index (Phi) is 4.46. The number of aldehydes is 1. The first-order valence-corrected chi connectivity index (χ1v) is 3.51. The van der Waals surface area contributed by atoms with Crippen LogP contribution in [0.4, 0.5) is 0 Å². The summed E-state index contributed by atoms with van der Waals surface area (Å²) >= 11 is 0. The summed E-state index contributed by atoms with van der Waals surface area (Å²) in [6.45, 7) is 0.947. The Morgan fingerprint density at radius 2 is 2.25 bits per heavy atom. The first-order chi connectivity index (χ1) is 5.63. The first kappa shape index (κ1) is 11.1. The highest BCUT2D eigenvalue weighted by atomic mass is 16.5. The minimum absolute atomic E-state index is 0.199. The third-order valence-electron chi connectivity index (χ3n) is 1.50. The van der Waals surface area contributed by atoms with Gasteiger partial charge in [0.25, 0.3) is 0 Å². The van der Waals surface area contributed by atoms with E-state index in [9.17, 15) is 9.59 Å². The maximum absolute atomic E-state index is 10.5. The molecule has 0 radical (unpaired) electrons. The van der Waals surface area contributed by atoms with E-state index < -0.39 is 18.0 Å². The highest BCUT2D eigenvalue weighted by Gasteiger charge is 2.38. The summed E-state index contributed by atoms with van der Waals surface area (Å²) in [5.41, 5.74) is -1.80. The maximum Gasteiger partial charge on any atom is 0.321 e. The zero-order chi connectivity index (χ0) is 9.61. The summed E-state index contributed by atoms with van der Waals surface area (Å²) in [6.07, 6.45) is 0.199. The summed E-state index contributed by atoms with van der Waals surface area (Å²) in [6, 6.07) is 0. The third kappa shape index (κ3) is 2.28. The second kappa shape index (κ2) is 4.84. The smallest absolute Gasteiger partial charge is 0.321 e. The standard InChI is InChI=1S/C7H12O5/c1-2-12-5-7(3-8,4-9)6(10)11/h3,9H,2,4-5H2,1H3,(H,10,11). The summed E-state index contributed by atoms with van der Waals surface area (Å²) in [5.74, 6) is -1.37. The SMILES string of the molecule is CCOCC(C=O)(CO)C(=O)O. The fourth-order valence-electron chi connectivity index (χ4n) is 0.581. The van der Waals surface area contributed by atoms with Gasteiger partial charge >= 0.3 is 5.97 Å². The van der Waals surface area contributed by atoms with Crippen molar-refractivity contribution in [1.29, 1.82) is 0 Å². The van der Waals surface area contributed by atoms with Crippen molar-refractivity contribution < 1.29 is 24.5 Å². The van der Waals surface area contributed by atoms with E-state index >= 15 is 0 Å². The van der Waals surface area contributed by atoms with Crippen molar-refractivity contribution in [2.45, 2.75) is 6.92 Å². The number of carbonyl (C=O) groups is 2. The molecule has 0 heterocycles. The molecule has 0 aromatic carbocycles. The Hall–Kier alpha value is -0.940. The zero-order valence-electron chi connectivity index (χ0n) is 6.82. The second-order valence-electron chi connectivity index (χ2n) is 2.37. The molecule has 0 aliphatic heterocycles. The van der Waals surface area contributed by atoms with Crippen LogP contribution in [0.3, 0.4) is 0 Å². The van der Waals surface area contributed by atoms with Crippen LogP contribution < -0.4 is 0 Å². The number of carboxylic acid groups (broad SMARTS) is 1. The Morgan fingerprint density at radius 1 is 1.67 bits per heavy atom. The lowest BCUT2D eigenvalue weighted by molar-refractivity contribution is -0.158. The largest absolute Gasteiger partial charge is 0.480 e. The van der Waals surface area contributed by atoms with Crippen LogP contribution in [-0.2, 0) is 14.3 Å². The number of rotatable bonds is 6.